The van der Waals surface area contributed by atoms with Crippen molar-refractivity contribution < 1.29 is 4.74 Å². The molecule has 9 aromatic rings. The normalized spacial score (nSPS) is 13.7. The van der Waals surface area contributed by atoms with E-state index in [1.807, 2.05) is 0 Å². The van der Waals surface area contributed by atoms with Crippen LogP contribution < -0.4 is 4.74 Å². The molecule has 1 aliphatic heterocycles. The highest BCUT2D eigenvalue weighted by Crippen LogP contribution is 2.63. The number of hydrogen-bond acceptors (Lipinski definition) is 1. The van der Waals surface area contributed by atoms with E-state index < -0.39 is 0 Å². The van der Waals surface area contributed by atoms with E-state index in [1.165, 1.54) is 93.9 Å². The van der Waals surface area contributed by atoms with Crippen LogP contribution in [0.2, 0.25) is 0 Å². The fourth-order valence-corrected chi connectivity index (χ4v) is 9.62. The first-order valence-electron chi connectivity index (χ1n) is 18.1. The predicted octanol–water partition coefficient (Wildman–Crippen LogP) is 13.4. The van der Waals surface area contributed by atoms with E-state index >= 15 is 0 Å². The molecule has 1 nitrogen and oxygen atoms in total. The molecule has 12 rings (SSSR count). The molecule has 0 saturated heterocycles. The van der Waals surface area contributed by atoms with Gasteiger partial charge in [-0.1, -0.05) is 146 Å². The van der Waals surface area contributed by atoms with Gasteiger partial charge in [0.05, 0.1) is 5.41 Å². The molecule has 1 heteroatoms. The molecule has 0 aromatic heterocycles. The zero-order chi connectivity index (χ0) is 34.0. The summed E-state index contributed by atoms with van der Waals surface area (Å²) in [5, 5.41) is 4.85. The Morgan fingerprint density at radius 3 is 1.44 bits per heavy atom. The van der Waals surface area contributed by atoms with E-state index in [4.69, 9.17) is 4.74 Å². The van der Waals surface area contributed by atoms with Gasteiger partial charge in [-0.25, -0.2) is 0 Å². The third kappa shape index (κ3) is 3.62. The van der Waals surface area contributed by atoms with E-state index in [9.17, 15) is 0 Å². The highest BCUT2D eigenvalue weighted by Gasteiger charge is 2.51. The Kier molecular flexibility index (Phi) is 5.49. The molecule has 0 radical (unpaired) electrons. The number of benzene rings is 9. The summed E-state index contributed by atoms with van der Waals surface area (Å²) in [6.45, 7) is 0. The van der Waals surface area contributed by atoms with Gasteiger partial charge < -0.3 is 4.74 Å². The lowest BCUT2D eigenvalue weighted by Gasteiger charge is -2.30. The minimum Gasteiger partial charge on any atom is -0.456 e. The minimum absolute atomic E-state index is 0.339. The summed E-state index contributed by atoms with van der Waals surface area (Å²) in [6.07, 6.45) is 0. The van der Waals surface area contributed by atoms with Gasteiger partial charge in [0.1, 0.15) is 11.5 Å². The van der Waals surface area contributed by atoms with Crippen LogP contribution >= 0.6 is 0 Å². The fraction of sp³-hybridized carbons (Fsp3) is 0.0196. The van der Waals surface area contributed by atoms with Crippen molar-refractivity contribution >= 4 is 21.5 Å². The summed E-state index contributed by atoms with van der Waals surface area (Å²) in [5.41, 5.74) is 17.7. The topological polar surface area (TPSA) is 9.23 Å². The summed E-state index contributed by atoms with van der Waals surface area (Å²) < 4.78 is 6.38. The van der Waals surface area contributed by atoms with Crippen LogP contribution in [0, 0.1) is 0 Å². The summed E-state index contributed by atoms with van der Waals surface area (Å²) >= 11 is 0. The van der Waals surface area contributed by atoms with E-state index in [1.54, 1.807) is 0 Å². The van der Waals surface area contributed by atoms with Crippen LogP contribution in [-0.2, 0) is 5.41 Å². The lowest BCUT2D eigenvalue weighted by Crippen LogP contribution is -2.25. The van der Waals surface area contributed by atoms with Gasteiger partial charge in [0.25, 0.3) is 0 Å². The molecule has 0 amide bonds. The third-order valence-electron chi connectivity index (χ3n) is 11.9. The molecule has 0 bridgehead atoms. The highest BCUT2D eigenvalue weighted by molar-refractivity contribution is 6.05. The number of fused-ring (bicyclic) bond motifs is 13. The average molecular weight is 659 g/mol. The monoisotopic (exact) mass is 658 g/mol. The third-order valence-corrected chi connectivity index (χ3v) is 11.9. The molecule has 240 valence electrons. The second kappa shape index (κ2) is 10.2. The molecule has 0 saturated carbocycles. The fourth-order valence-electron chi connectivity index (χ4n) is 9.62. The van der Waals surface area contributed by atoms with Gasteiger partial charge in [-0.15, -0.1) is 0 Å². The van der Waals surface area contributed by atoms with Gasteiger partial charge in [0.2, 0.25) is 0 Å². The number of ether oxygens (including phenoxy) is 1. The Labute approximate surface area is 302 Å². The van der Waals surface area contributed by atoms with Crippen molar-refractivity contribution in [3.8, 4) is 67.1 Å². The first-order chi connectivity index (χ1) is 25.8. The van der Waals surface area contributed by atoms with E-state index in [2.05, 4.69) is 182 Å². The van der Waals surface area contributed by atoms with E-state index in [0.29, 0.717) is 0 Å². The Balaban J connectivity index is 0.968. The Morgan fingerprint density at radius 2 is 0.788 bits per heavy atom. The molecule has 0 fully saturated rings. The Bertz CT molecular complexity index is 2930. The lowest BCUT2D eigenvalue weighted by atomic mass is 9.70. The van der Waals surface area contributed by atoms with Crippen molar-refractivity contribution in [3.05, 3.63) is 204 Å². The van der Waals surface area contributed by atoms with Crippen molar-refractivity contribution in [2.75, 3.05) is 0 Å². The first-order valence-corrected chi connectivity index (χ1v) is 18.1. The molecule has 0 atom stereocenters. The summed E-state index contributed by atoms with van der Waals surface area (Å²) in [7, 11) is 0. The standard InChI is InChI=1S/C51H30O/c1-4-15-44-38(11-1)39-12-2-5-16-45(39)51(44)46-17-6-3-13-40(46)41-25-23-37(30-47(41)51)35-22-20-32-27-34(21-19-33(32)28-35)36-24-26-48-43(29-36)42-14-7-9-31-10-8-18-49(52-48)50(31)42/h1-30H. The van der Waals surface area contributed by atoms with Gasteiger partial charge >= 0.3 is 0 Å². The first kappa shape index (κ1) is 28.0. The molecule has 3 aliphatic rings. The molecule has 0 N–H and O–H groups in total. The molecular formula is C51H30O. The number of rotatable bonds is 2. The zero-order valence-electron chi connectivity index (χ0n) is 28.2. The van der Waals surface area contributed by atoms with Gasteiger partial charge in [0, 0.05) is 10.9 Å². The van der Waals surface area contributed by atoms with Crippen LogP contribution in [-0.4, -0.2) is 0 Å². The van der Waals surface area contributed by atoms with Crippen molar-refractivity contribution in [3.63, 3.8) is 0 Å². The minimum atomic E-state index is -0.339. The quantitative estimate of drug-likeness (QED) is 0.180. The Hall–Kier alpha value is -6.70. The van der Waals surface area contributed by atoms with Crippen molar-refractivity contribution in [1.29, 1.82) is 0 Å². The molecule has 2 aliphatic carbocycles. The van der Waals surface area contributed by atoms with E-state index in [0.717, 1.165) is 17.1 Å². The largest absolute Gasteiger partial charge is 0.456 e. The zero-order valence-corrected chi connectivity index (χ0v) is 28.2. The summed E-state index contributed by atoms with van der Waals surface area (Å²) in [6, 6.07) is 67.3. The lowest BCUT2D eigenvalue weighted by molar-refractivity contribution is 0.487. The summed E-state index contributed by atoms with van der Waals surface area (Å²) in [4.78, 5) is 0. The van der Waals surface area contributed by atoms with Crippen molar-refractivity contribution in [2.45, 2.75) is 5.41 Å². The SMILES string of the molecule is c1ccc2c(c1)-c1ccccc1C21c2ccccc2-c2ccc(-c3ccc4cc(-c5ccc6c(c5)-c5cccc7cccc(c57)O6)ccc4c3)cc21. The van der Waals surface area contributed by atoms with Crippen LogP contribution in [0.1, 0.15) is 22.3 Å². The van der Waals surface area contributed by atoms with Crippen LogP contribution in [0.5, 0.6) is 11.5 Å². The maximum Gasteiger partial charge on any atom is 0.135 e. The van der Waals surface area contributed by atoms with Crippen LogP contribution in [0.3, 0.4) is 0 Å². The molecule has 1 heterocycles. The van der Waals surface area contributed by atoms with Gasteiger partial charge in [0.15, 0.2) is 0 Å². The molecule has 1 spiro atoms. The van der Waals surface area contributed by atoms with Crippen molar-refractivity contribution in [1.82, 2.24) is 0 Å². The number of hydrogen-bond donors (Lipinski definition) is 0. The second-order valence-electron chi connectivity index (χ2n) is 14.4. The average Bonchev–Trinajstić information content (AvgIpc) is 3.68. The predicted molar refractivity (Wildman–Crippen MR) is 214 cm³/mol. The van der Waals surface area contributed by atoms with Crippen LogP contribution in [0.4, 0.5) is 0 Å². The van der Waals surface area contributed by atoms with Gasteiger partial charge in [-0.2, -0.15) is 0 Å². The molecule has 0 unspecified atom stereocenters. The van der Waals surface area contributed by atoms with Crippen molar-refractivity contribution in [2.24, 2.45) is 0 Å². The van der Waals surface area contributed by atoms with Crippen LogP contribution in [0.25, 0.3) is 77.2 Å². The van der Waals surface area contributed by atoms with E-state index in [-0.39, 0.29) is 5.41 Å². The van der Waals surface area contributed by atoms with Gasteiger partial charge in [-0.3, -0.25) is 0 Å². The molecular weight excluding hydrogens is 629 g/mol. The highest BCUT2D eigenvalue weighted by atomic mass is 16.5. The Morgan fingerprint density at radius 1 is 0.288 bits per heavy atom. The van der Waals surface area contributed by atoms with Gasteiger partial charge in [-0.05, 0) is 125 Å². The molecule has 52 heavy (non-hydrogen) atoms. The second-order valence-corrected chi connectivity index (χ2v) is 14.4. The van der Waals surface area contributed by atoms with Crippen LogP contribution in [0.15, 0.2) is 182 Å². The maximum atomic E-state index is 6.38. The maximum absolute atomic E-state index is 6.38. The summed E-state index contributed by atoms with van der Waals surface area (Å²) in [5.74, 6) is 1.83. The smallest absolute Gasteiger partial charge is 0.135 e. The molecule has 9 aromatic carbocycles.